The van der Waals surface area contributed by atoms with E-state index in [0.717, 1.165) is 32.1 Å². The number of rotatable bonds is 9. The summed E-state index contributed by atoms with van der Waals surface area (Å²) in [6, 6.07) is 8.44. The van der Waals surface area contributed by atoms with Gasteiger partial charge in [0.2, 0.25) is 0 Å². The maximum absolute atomic E-state index is 5.59. The number of hydrogen-bond acceptors (Lipinski definition) is 3. The SMILES string of the molecule is CN=C(NCCCOC)NCc1ccc(COC(C)C)cc1.I. The minimum Gasteiger partial charge on any atom is -0.385 e. The Kier molecular flexibility index (Phi) is 13.1. The molecule has 23 heavy (non-hydrogen) atoms. The summed E-state index contributed by atoms with van der Waals surface area (Å²) in [7, 11) is 3.49. The third-order valence-electron chi connectivity index (χ3n) is 3.11. The van der Waals surface area contributed by atoms with Crippen LogP contribution in [0.3, 0.4) is 0 Å². The molecule has 2 N–H and O–H groups in total. The quantitative estimate of drug-likeness (QED) is 0.271. The van der Waals surface area contributed by atoms with Crippen LogP contribution in [-0.2, 0) is 22.6 Å². The van der Waals surface area contributed by atoms with Crippen molar-refractivity contribution >= 4 is 29.9 Å². The maximum atomic E-state index is 5.59. The molecule has 6 heteroatoms. The molecule has 0 saturated heterocycles. The Hall–Kier alpha value is -0.860. The molecule has 0 aliphatic carbocycles. The van der Waals surface area contributed by atoms with E-state index in [1.54, 1.807) is 14.2 Å². The van der Waals surface area contributed by atoms with E-state index in [0.29, 0.717) is 6.61 Å². The zero-order valence-corrected chi connectivity index (χ0v) is 16.9. The third-order valence-corrected chi connectivity index (χ3v) is 3.11. The molecule has 0 aliphatic heterocycles. The Balaban J connectivity index is 0.00000484. The number of nitrogens with zero attached hydrogens (tertiary/aromatic N) is 1. The first-order valence-electron chi connectivity index (χ1n) is 7.78. The van der Waals surface area contributed by atoms with E-state index in [9.17, 15) is 0 Å². The van der Waals surface area contributed by atoms with Gasteiger partial charge in [-0.25, -0.2) is 0 Å². The number of halogens is 1. The van der Waals surface area contributed by atoms with Gasteiger partial charge in [-0.2, -0.15) is 0 Å². The summed E-state index contributed by atoms with van der Waals surface area (Å²) in [4.78, 5) is 4.20. The molecule has 0 saturated carbocycles. The van der Waals surface area contributed by atoms with E-state index in [1.165, 1.54) is 11.1 Å². The van der Waals surface area contributed by atoms with Gasteiger partial charge in [0.25, 0.3) is 0 Å². The van der Waals surface area contributed by atoms with Gasteiger partial charge in [-0.3, -0.25) is 4.99 Å². The molecule has 1 aromatic rings. The summed E-state index contributed by atoms with van der Waals surface area (Å²) < 4.78 is 10.6. The van der Waals surface area contributed by atoms with Crippen LogP contribution in [0.1, 0.15) is 31.4 Å². The smallest absolute Gasteiger partial charge is 0.191 e. The lowest BCUT2D eigenvalue weighted by Gasteiger charge is -2.12. The molecule has 0 spiro atoms. The highest BCUT2D eigenvalue weighted by Crippen LogP contribution is 2.07. The van der Waals surface area contributed by atoms with Gasteiger partial charge in [0.15, 0.2) is 5.96 Å². The zero-order valence-electron chi connectivity index (χ0n) is 14.6. The lowest BCUT2D eigenvalue weighted by molar-refractivity contribution is 0.0657. The Morgan fingerprint density at radius 2 is 1.78 bits per heavy atom. The van der Waals surface area contributed by atoms with Crippen molar-refractivity contribution in [1.29, 1.82) is 0 Å². The number of aliphatic imine (C=N–C) groups is 1. The predicted octanol–water partition coefficient (Wildman–Crippen LogP) is 2.93. The highest BCUT2D eigenvalue weighted by atomic mass is 127. The number of ether oxygens (including phenoxy) is 2. The Labute approximate surface area is 157 Å². The minimum atomic E-state index is 0. The van der Waals surface area contributed by atoms with Crippen molar-refractivity contribution in [3.8, 4) is 0 Å². The van der Waals surface area contributed by atoms with E-state index in [2.05, 4.69) is 39.9 Å². The van der Waals surface area contributed by atoms with E-state index in [4.69, 9.17) is 9.47 Å². The standard InChI is InChI=1S/C17H29N3O2.HI/c1-14(2)22-13-16-8-6-15(7-9-16)12-20-17(18-3)19-10-5-11-21-4;/h6-9,14H,5,10-13H2,1-4H3,(H2,18,19,20);1H. The monoisotopic (exact) mass is 435 g/mol. The molecule has 132 valence electrons. The topological polar surface area (TPSA) is 54.9 Å². The summed E-state index contributed by atoms with van der Waals surface area (Å²) in [6.45, 7) is 7.10. The van der Waals surface area contributed by atoms with Crippen LogP contribution in [0.15, 0.2) is 29.3 Å². The number of methoxy groups -OCH3 is 1. The van der Waals surface area contributed by atoms with Crippen LogP contribution in [0, 0.1) is 0 Å². The van der Waals surface area contributed by atoms with Crippen LogP contribution in [-0.4, -0.2) is 39.4 Å². The predicted molar refractivity (Wildman–Crippen MR) is 106 cm³/mol. The lowest BCUT2D eigenvalue weighted by Crippen LogP contribution is -2.37. The van der Waals surface area contributed by atoms with Crippen LogP contribution in [0.4, 0.5) is 0 Å². The summed E-state index contributed by atoms with van der Waals surface area (Å²) >= 11 is 0. The van der Waals surface area contributed by atoms with Gasteiger partial charge in [0, 0.05) is 33.9 Å². The molecular weight excluding hydrogens is 405 g/mol. The summed E-state index contributed by atoms with van der Waals surface area (Å²) in [5, 5.41) is 6.56. The molecule has 0 heterocycles. The van der Waals surface area contributed by atoms with Crippen molar-refractivity contribution < 1.29 is 9.47 Å². The third kappa shape index (κ3) is 10.5. The van der Waals surface area contributed by atoms with Gasteiger partial charge in [0.1, 0.15) is 0 Å². The number of nitrogens with one attached hydrogen (secondary N) is 2. The van der Waals surface area contributed by atoms with E-state index < -0.39 is 0 Å². The van der Waals surface area contributed by atoms with Crippen molar-refractivity contribution in [2.75, 3.05) is 27.3 Å². The minimum absolute atomic E-state index is 0. The second-order valence-corrected chi connectivity index (χ2v) is 5.38. The second-order valence-electron chi connectivity index (χ2n) is 5.38. The van der Waals surface area contributed by atoms with Crippen molar-refractivity contribution in [2.45, 2.75) is 39.5 Å². The van der Waals surface area contributed by atoms with Gasteiger partial charge < -0.3 is 20.1 Å². The fourth-order valence-corrected chi connectivity index (χ4v) is 1.85. The first-order valence-corrected chi connectivity index (χ1v) is 7.78. The molecule has 0 aromatic heterocycles. The lowest BCUT2D eigenvalue weighted by atomic mass is 10.1. The maximum Gasteiger partial charge on any atom is 0.191 e. The van der Waals surface area contributed by atoms with E-state index in [-0.39, 0.29) is 30.1 Å². The zero-order chi connectivity index (χ0) is 16.2. The molecule has 1 rings (SSSR count). The van der Waals surface area contributed by atoms with Crippen LogP contribution in [0.2, 0.25) is 0 Å². The van der Waals surface area contributed by atoms with Crippen LogP contribution in [0.5, 0.6) is 0 Å². The average molecular weight is 435 g/mol. The number of benzene rings is 1. The molecule has 0 atom stereocenters. The first-order chi connectivity index (χ1) is 10.7. The van der Waals surface area contributed by atoms with Gasteiger partial charge in [-0.1, -0.05) is 24.3 Å². The largest absolute Gasteiger partial charge is 0.385 e. The van der Waals surface area contributed by atoms with Gasteiger partial charge >= 0.3 is 0 Å². The van der Waals surface area contributed by atoms with Crippen LogP contribution in [0.25, 0.3) is 0 Å². The molecule has 0 unspecified atom stereocenters. The molecule has 0 radical (unpaired) electrons. The van der Waals surface area contributed by atoms with Crippen molar-refractivity contribution in [3.05, 3.63) is 35.4 Å². The Morgan fingerprint density at radius 3 is 2.35 bits per heavy atom. The van der Waals surface area contributed by atoms with Crippen LogP contribution >= 0.6 is 24.0 Å². The molecule has 0 amide bonds. The van der Waals surface area contributed by atoms with E-state index in [1.807, 2.05) is 13.8 Å². The van der Waals surface area contributed by atoms with Gasteiger partial charge in [-0.05, 0) is 31.4 Å². The van der Waals surface area contributed by atoms with Crippen molar-refractivity contribution in [1.82, 2.24) is 10.6 Å². The van der Waals surface area contributed by atoms with E-state index >= 15 is 0 Å². The highest BCUT2D eigenvalue weighted by Gasteiger charge is 2.00. The summed E-state index contributed by atoms with van der Waals surface area (Å²) in [6.07, 6.45) is 1.22. The van der Waals surface area contributed by atoms with Gasteiger partial charge in [-0.15, -0.1) is 24.0 Å². The molecule has 0 aliphatic rings. The normalized spacial score (nSPS) is 11.3. The number of hydrogen-bond donors (Lipinski definition) is 2. The fourth-order valence-electron chi connectivity index (χ4n) is 1.85. The molecule has 0 fully saturated rings. The summed E-state index contributed by atoms with van der Waals surface area (Å²) in [5.41, 5.74) is 2.41. The van der Waals surface area contributed by atoms with Gasteiger partial charge in [0.05, 0.1) is 12.7 Å². The average Bonchev–Trinajstić information content (AvgIpc) is 2.53. The molecule has 1 aromatic carbocycles. The summed E-state index contributed by atoms with van der Waals surface area (Å²) in [5.74, 6) is 0.809. The molecule has 0 bridgehead atoms. The Morgan fingerprint density at radius 1 is 1.13 bits per heavy atom. The molecular formula is C17H30IN3O2. The second kappa shape index (κ2) is 13.6. The fraction of sp³-hybridized carbons (Fsp3) is 0.588. The van der Waals surface area contributed by atoms with Crippen molar-refractivity contribution in [3.63, 3.8) is 0 Å². The Bertz CT molecular complexity index is 436. The highest BCUT2D eigenvalue weighted by molar-refractivity contribution is 14.0. The molecule has 5 nitrogen and oxygen atoms in total. The number of guanidine groups is 1. The van der Waals surface area contributed by atoms with Crippen molar-refractivity contribution in [2.24, 2.45) is 4.99 Å². The first kappa shape index (κ1) is 22.1. The van der Waals surface area contributed by atoms with Crippen LogP contribution < -0.4 is 10.6 Å².